The first-order chi connectivity index (χ1) is 7.69. The zero-order chi connectivity index (χ0) is 11.5. The Balaban J connectivity index is 2.54. The van der Waals surface area contributed by atoms with Crippen molar-refractivity contribution in [2.75, 3.05) is 5.73 Å². The van der Waals surface area contributed by atoms with Crippen LogP contribution >= 0.6 is 11.6 Å². The van der Waals surface area contributed by atoms with Gasteiger partial charge in [-0.3, -0.25) is 0 Å². The molecule has 0 fully saturated rings. The molecule has 0 atom stereocenters. The van der Waals surface area contributed by atoms with Crippen LogP contribution in [0.5, 0.6) is 0 Å². The van der Waals surface area contributed by atoms with Crippen molar-refractivity contribution in [3.05, 3.63) is 47.0 Å². The van der Waals surface area contributed by atoms with Gasteiger partial charge in [0.15, 0.2) is 0 Å². The molecule has 3 nitrogen and oxygen atoms in total. The third kappa shape index (κ3) is 2.13. The number of hydrogen-bond acceptors (Lipinski definition) is 3. The molecule has 1 aromatic heterocycles. The van der Waals surface area contributed by atoms with Crippen LogP contribution < -0.4 is 5.73 Å². The molecule has 2 aromatic rings. The average Bonchev–Trinajstić information content (AvgIpc) is 2.28. The fraction of sp³-hybridized carbons (Fsp3) is 0. The summed E-state index contributed by atoms with van der Waals surface area (Å²) in [5.41, 5.74) is 7.68. The third-order valence-electron chi connectivity index (χ3n) is 2.10. The topological polar surface area (TPSA) is 62.7 Å². The van der Waals surface area contributed by atoms with Gasteiger partial charge in [0.25, 0.3) is 0 Å². The van der Waals surface area contributed by atoms with Gasteiger partial charge in [-0.15, -0.1) is 0 Å². The van der Waals surface area contributed by atoms with E-state index in [1.807, 2.05) is 6.07 Å². The molecule has 0 saturated carbocycles. The molecule has 16 heavy (non-hydrogen) atoms. The lowest BCUT2D eigenvalue weighted by Crippen LogP contribution is -1.92. The molecule has 78 valence electrons. The molecular formula is C12H8ClN3. The minimum Gasteiger partial charge on any atom is -0.384 e. The third-order valence-corrected chi connectivity index (χ3v) is 2.32. The highest BCUT2D eigenvalue weighted by Crippen LogP contribution is 2.23. The summed E-state index contributed by atoms with van der Waals surface area (Å²) in [6.45, 7) is 0. The molecule has 1 heterocycles. The normalized spacial score (nSPS) is 9.75. The number of pyridine rings is 1. The van der Waals surface area contributed by atoms with Crippen LogP contribution in [0.25, 0.3) is 11.3 Å². The van der Waals surface area contributed by atoms with Crippen molar-refractivity contribution in [3.63, 3.8) is 0 Å². The summed E-state index contributed by atoms with van der Waals surface area (Å²) in [5, 5.41) is 9.33. The molecular weight excluding hydrogens is 222 g/mol. The lowest BCUT2D eigenvalue weighted by molar-refractivity contribution is 1.33. The fourth-order valence-corrected chi connectivity index (χ4v) is 1.63. The van der Waals surface area contributed by atoms with E-state index < -0.39 is 0 Å². The average molecular weight is 230 g/mol. The SMILES string of the molecule is N#Cc1cccc(-c2cc(Cl)cc(N)n2)c1. The van der Waals surface area contributed by atoms with Crippen LogP contribution in [-0.4, -0.2) is 4.98 Å². The molecule has 4 heteroatoms. The molecule has 0 unspecified atom stereocenters. The zero-order valence-corrected chi connectivity index (χ0v) is 9.07. The van der Waals surface area contributed by atoms with Crippen LogP contribution in [0.4, 0.5) is 5.82 Å². The van der Waals surface area contributed by atoms with Crippen molar-refractivity contribution in [3.8, 4) is 17.3 Å². The maximum absolute atomic E-state index is 8.80. The molecule has 0 aliphatic carbocycles. The van der Waals surface area contributed by atoms with Crippen LogP contribution in [0.1, 0.15) is 5.56 Å². The van der Waals surface area contributed by atoms with Gasteiger partial charge in [-0.2, -0.15) is 5.26 Å². The standard InChI is InChI=1S/C12H8ClN3/c13-10-5-11(16-12(15)6-10)9-3-1-2-8(4-9)7-14/h1-6H,(H2,15,16). The van der Waals surface area contributed by atoms with E-state index in [-0.39, 0.29) is 0 Å². The first kappa shape index (κ1) is 10.5. The number of nitrogens with two attached hydrogens (primary N) is 1. The van der Waals surface area contributed by atoms with Crippen LogP contribution in [0.3, 0.4) is 0 Å². The quantitative estimate of drug-likeness (QED) is 0.818. The smallest absolute Gasteiger partial charge is 0.125 e. The van der Waals surface area contributed by atoms with Gasteiger partial charge in [0.2, 0.25) is 0 Å². The van der Waals surface area contributed by atoms with Crippen molar-refractivity contribution in [1.29, 1.82) is 5.26 Å². The van der Waals surface area contributed by atoms with Crippen molar-refractivity contribution >= 4 is 17.4 Å². The van der Waals surface area contributed by atoms with E-state index in [1.165, 1.54) is 0 Å². The first-order valence-electron chi connectivity index (χ1n) is 4.62. The van der Waals surface area contributed by atoms with Gasteiger partial charge in [0.1, 0.15) is 5.82 Å². The van der Waals surface area contributed by atoms with E-state index >= 15 is 0 Å². The van der Waals surface area contributed by atoms with E-state index in [1.54, 1.807) is 30.3 Å². The summed E-state index contributed by atoms with van der Waals surface area (Å²) < 4.78 is 0. The Labute approximate surface area is 98.1 Å². The fourth-order valence-electron chi connectivity index (χ4n) is 1.41. The lowest BCUT2D eigenvalue weighted by atomic mass is 10.1. The number of halogens is 1. The molecule has 0 amide bonds. The molecule has 2 N–H and O–H groups in total. The minimum atomic E-state index is 0.366. The molecule has 0 aliphatic rings. The predicted octanol–water partition coefficient (Wildman–Crippen LogP) is 2.86. The van der Waals surface area contributed by atoms with Crippen molar-refractivity contribution in [2.24, 2.45) is 0 Å². The summed E-state index contributed by atoms with van der Waals surface area (Å²) in [5.74, 6) is 0.366. The Morgan fingerprint density at radius 3 is 2.75 bits per heavy atom. The van der Waals surface area contributed by atoms with Crippen molar-refractivity contribution in [1.82, 2.24) is 4.98 Å². The number of benzene rings is 1. The summed E-state index contributed by atoms with van der Waals surface area (Å²) in [7, 11) is 0. The van der Waals surface area contributed by atoms with Gasteiger partial charge in [0, 0.05) is 10.6 Å². The van der Waals surface area contributed by atoms with E-state index in [9.17, 15) is 0 Å². The maximum atomic E-state index is 8.80. The van der Waals surface area contributed by atoms with Gasteiger partial charge in [0.05, 0.1) is 17.3 Å². The maximum Gasteiger partial charge on any atom is 0.125 e. The van der Waals surface area contributed by atoms with Crippen LogP contribution in [0.2, 0.25) is 5.02 Å². The van der Waals surface area contributed by atoms with E-state index in [0.29, 0.717) is 22.1 Å². The molecule has 2 rings (SSSR count). The Morgan fingerprint density at radius 1 is 1.25 bits per heavy atom. The second-order valence-corrected chi connectivity index (χ2v) is 3.72. The largest absolute Gasteiger partial charge is 0.384 e. The Morgan fingerprint density at radius 2 is 2.06 bits per heavy atom. The highest BCUT2D eigenvalue weighted by Gasteiger charge is 2.03. The lowest BCUT2D eigenvalue weighted by Gasteiger charge is -2.03. The highest BCUT2D eigenvalue weighted by molar-refractivity contribution is 6.31. The number of nitriles is 1. The second-order valence-electron chi connectivity index (χ2n) is 3.29. The molecule has 0 bridgehead atoms. The van der Waals surface area contributed by atoms with Gasteiger partial charge in [-0.05, 0) is 24.3 Å². The summed E-state index contributed by atoms with van der Waals surface area (Å²) in [6.07, 6.45) is 0. The Bertz CT molecular complexity index is 552. The molecule has 1 aromatic carbocycles. The van der Waals surface area contributed by atoms with Gasteiger partial charge in [-0.25, -0.2) is 4.98 Å². The number of nitrogen functional groups attached to an aromatic ring is 1. The summed E-state index contributed by atoms with van der Waals surface area (Å²) in [6, 6.07) is 12.5. The number of aromatic nitrogens is 1. The molecule has 0 aliphatic heterocycles. The van der Waals surface area contributed by atoms with Gasteiger partial charge < -0.3 is 5.73 Å². The van der Waals surface area contributed by atoms with Crippen molar-refractivity contribution in [2.45, 2.75) is 0 Å². The molecule has 0 saturated heterocycles. The predicted molar refractivity (Wildman–Crippen MR) is 63.8 cm³/mol. The Hall–Kier alpha value is -2.05. The number of anilines is 1. The van der Waals surface area contributed by atoms with E-state index in [0.717, 1.165) is 5.56 Å². The number of hydrogen-bond donors (Lipinski definition) is 1. The monoisotopic (exact) mass is 229 g/mol. The van der Waals surface area contributed by atoms with Gasteiger partial charge >= 0.3 is 0 Å². The van der Waals surface area contributed by atoms with Crippen LogP contribution in [0.15, 0.2) is 36.4 Å². The zero-order valence-electron chi connectivity index (χ0n) is 8.31. The van der Waals surface area contributed by atoms with Gasteiger partial charge in [-0.1, -0.05) is 23.7 Å². The number of nitrogens with zero attached hydrogens (tertiary/aromatic N) is 2. The minimum absolute atomic E-state index is 0.366. The summed E-state index contributed by atoms with van der Waals surface area (Å²) >= 11 is 5.89. The number of rotatable bonds is 1. The Kier molecular flexibility index (Phi) is 2.76. The second kappa shape index (κ2) is 4.21. The van der Waals surface area contributed by atoms with E-state index in [2.05, 4.69) is 11.1 Å². The summed E-state index contributed by atoms with van der Waals surface area (Å²) in [4.78, 5) is 4.16. The molecule has 0 spiro atoms. The van der Waals surface area contributed by atoms with Crippen LogP contribution in [-0.2, 0) is 0 Å². The van der Waals surface area contributed by atoms with Crippen molar-refractivity contribution < 1.29 is 0 Å². The van der Waals surface area contributed by atoms with Crippen LogP contribution in [0, 0.1) is 11.3 Å². The first-order valence-corrected chi connectivity index (χ1v) is 5.00. The molecule has 0 radical (unpaired) electrons. The highest BCUT2D eigenvalue weighted by atomic mass is 35.5. The van der Waals surface area contributed by atoms with E-state index in [4.69, 9.17) is 22.6 Å².